The molecule has 0 radical (unpaired) electrons. The average molecular weight is 251 g/mol. The second-order valence-electron chi connectivity index (χ2n) is 5.06. The van der Waals surface area contributed by atoms with Crippen molar-refractivity contribution in [3.05, 3.63) is 30.3 Å². The van der Waals surface area contributed by atoms with Gasteiger partial charge in [0.05, 0.1) is 10.8 Å². The molecular formula is C14H21NOS. The molecule has 0 aliphatic heterocycles. The topological polar surface area (TPSA) is 43.1 Å². The molecule has 94 valence electrons. The van der Waals surface area contributed by atoms with Gasteiger partial charge in [-0.3, -0.25) is 4.21 Å². The van der Waals surface area contributed by atoms with Crippen LogP contribution in [-0.4, -0.2) is 16.0 Å². The summed E-state index contributed by atoms with van der Waals surface area (Å²) in [6.45, 7) is 2.91. The molecule has 1 aromatic rings. The minimum absolute atomic E-state index is 0.242. The Morgan fingerprint density at radius 2 is 2.00 bits per heavy atom. The van der Waals surface area contributed by atoms with Crippen molar-refractivity contribution >= 4 is 10.8 Å². The summed E-state index contributed by atoms with van der Waals surface area (Å²) in [4.78, 5) is 0.949. The maximum absolute atomic E-state index is 12.6. The van der Waals surface area contributed by atoms with Gasteiger partial charge in [-0.2, -0.15) is 0 Å². The largest absolute Gasteiger partial charge is 0.330 e. The van der Waals surface area contributed by atoms with E-state index in [0.29, 0.717) is 18.4 Å². The maximum atomic E-state index is 12.6. The lowest BCUT2D eigenvalue weighted by atomic mass is 9.82. The summed E-state index contributed by atoms with van der Waals surface area (Å²) in [7, 11) is -0.900. The van der Waals surface area contributed by atoms with E-state index >= 15 is 0 Å². The Morgan fingerprint density at radius 1 is 1.29 bits per heavy atom. The van der Waals surface area contributed by atoms with Crippen molar-refractivity contribution in [3.8, 4) is 0 Å². The number of rotatable bonds is 3. The summed E-state index contributed by atoms with van der Waals surface area (Å²) in [5.74, 6) is 1.10. The van der Waals surface area contributed by atoms with E-state index in [0.717, 1.165) is 17.7 Å². The number of benzene rings is 1. The van der Waals surface area contributed by atoms with Gasteiger partial charge in [0.25, 0.3) is 0 Å². The summed E-state index contributed by atoms with van der Waals surface area (Å²) in [6, 6.07) is 9.80. The van der Waals surface area contributed by atoms with E-state index < -0.39 is 10.8 Å². The molecule has 4 unspecified atom stereocenters. The lowest BCUT2D eigenvalue weighted by Crippen LogP contribution is -2.36. The lowest BCUT2D eigenvalue weighted by Gasteiger charge is -2.33. The van der Waals surface area contributed by atoms with Gasteiger partial charge in [0.1, 0.15) is 0 Å². The van der Waals surface area contributed by atoms with Crippen LogP contribution in [0.2, 0.25) is 0 Å². The fraction of sp³-hybridized carbons (Fsp3) is 0.571. The molecule has 0 saturated heterocycles. The van der Waals surface area contributed by atoms with Crippen molar-refractivity contribution in [3.63, 3.8) is 0 Å². The molecule has 2 rings (SSSR count). The highest BCUT2D eigenvalue weighted by atomic mass is 32.2. The Morgan fingerprint density at radius 3 is 2.65 bits per heavy atom. The number of hydrogen-bond acceptors (Lipinski definition) is 2. The molecule has 0 spiro atoms. The molecular weight excluding hydrogens is 230 g/mol. The number of nitrogens with two attached hydrogens (primary N) is 1. The van der Waals surface area contributed by atoms with Gasteiger partial charge in [0.2, 0.25) is 0 Å². The summed E-state index contributed by atoms with van der Waals surface area (Å²) in [5.41, 5.74) is 5.82. The predicted octanol–water partition coefficient (Wildman–Crippen LogP) is 2.56. The van der Waals surface area contributed by atoms with Gasteiger partial charge in [-0.1, -0.05) is 31.5 Å². The molecule has 2 N–H and O–H groups in total. The summed E-state index contributed by atoms with van der Waals surface area (Å²) < 4.78 is 12.6. The van der Waals surface area contributed by atoms with Crippen LogP contribution in [0.25, 0.3) is 0 Å². The van der Waals surface area contributed by atoms with Gasteiger partial charge in [-0.05, 0) is 43.4 Å². The van der Waals surface area contributed by atoms with Crippen LogP contribution in [0.15, 0.2) is 35.2 Å². The van der Waals surface area contributed by atoms with Crippen molar-refractivity contribution < 1.29 is 4.21 Å². The monoisotopic (exact) mass is 251 g/mol. The van der Waals surface area contributed by atoms with Crippen LogP contribution in [0.5, 0.6) is 0 Å². The molecule has 3 heteroatoms. The Labute approximate surface area is 106 Å². The van der Waals surface area contributed by atoms with Crippen LogP contribution in [0, 0.1) is 11.8 Å². The molecule has 1 aromatic carbocycles. The highest BCUT2D eigenvalue weighted by Gasteiger charge is 2.32. The molecule has 2 nitrogen and oxygen atoms in total. The van der Waals surface area contributed by atoms with Crippen molar-refractivity contribution in [1.82, 2.24) is 0 Å². The van der Waals surface area contributed by atoms with E-state index in [-0.39, 0.29) is 5.25 Å². The van der Waals surface area contributed by atoms with Gasteiger partial charge in [-0.25, -0.2) is 0 Å². The fourth-order valence-corrected chi connectivity index (χ4v) is 4.53. The smallest absolute Gasteiger partial charge is 0.0564 e. The molecule has 0 heterocycles. The van der Waals surface area contributed by atoms with E-state index in [1.54, 1.807) is 0 Å². The van der Waals surface area contributed by atoms with Crippen LogP contribution in [0.4, 0.5) is 0 Å². The summed E-state index contributed by atoms with van der Waals surface area (Å²) in [6.07, 6.45) is 3.40. The first-order valence-corrected chi connectivity index (χ1v) is 7.59. The van der Waals surface area contributed by atoms with Crippen molar-refractivity contribution in [1.29, 1.82) is 0 Å². The van der Waals surface area contributed by atoms with Crippen molar-refractivity contribution in [2.75, 3.05) is 6.54 Å². The average Bonchev–Trinajstić information content (AvgIpc) is 2.39. The van der Waals surface area contributed by atoms with E-state index in [9.17, 15) is 4.21 Å². The van der Waals surface area contributed by atoms with E-state index in [1.165, 1.54) is 6.42 Å². The maximum Gasteiger partial charge on any atom is 0.0564 e. The molecule has 0 bridgehead atoms. The van der Waals surface area contributed by atoms with Crippen LogP contribution >= 0.6 is 0 Å². The lowest BCUT2D eigenvalue weighted by molar-refractivity contribution is 0.302. The zero-order chi connectivity index (χ0) is 12.3. The molecule has 0 amide bonds. The first-order valence-electron chi connectivity index (χ1n) is 6.38. The third-order valence-corrected chi connectivity index (χ3v) is 5.61. The van der Waals surface area contributed by atoms with E-state index in [2.05, 4.69) is 6.92 Å². The second-order valence-corrected chi connectivity index (χ2v) is 6.73. The molecule has 1 aliphatic rings. The van der Waals surface area contributed by atoms with Gasteiger partial charge in [0, 0.05) is 10.1 Å². The Bertz CT molecular complexity index is 379. The third-order valence-electron chi connectivity index (χ3n) is 3.74. The second kappa shape index (κ2) is 5.78. The molecule has 4 atom stereocenters. The molecule has 1 saturated carbocycles. The summed E-state index contributed by atoms with van der Waals surface area (Å²) in [5, 5.41) is 0.242. The van der Waals surface area contributed by atoms with Crippen LogP contribution in [0.3, 0.4) is 0 Å². The van der Waals surface area contributed by atoms with E-state index in [1.807, 2.05) is 30.3 Å². The van der Waals surface area contributed by atoms with Crippen molar-refractivity contribution in [2.24, 2.45) is 17.6 Å². The standard InChI is InChI=1S/C14H21NOS/c1-11-7-8-12(10-15)14(9-11)17(16)13-5-3-2-4-6-13/h2-6,11-12,14H,7-10,15H2,1H3. The zero-order valence-electron chi connectivity index (χ0n) is 10.3. The van der Waals surface area contributed by atoms with Gasteiger partial charge in [0.15, 0.2) is 0 Å². The van der Waals surface area contributed by atoms with Crippen molar-refractivity contribution in [2.45, 2.75) is 36.3 Å². The third kappa shape index (κ3) is 2.96. The van der Waals surface area contributed by atoms with Gasteiger partial charge >= 0.3 is 0 Å². The van der Waals surface area contributed by atoms with Crippen LogP contribution in [-0.2, 0) is 10.8 Å². The van der Waals surface area contributed by atoms with Crippen LogP contribution in [0.1, 0.15) is 26.2 Å². The highest BCUT2D eigenvalue weighted by Crippen LogP contribution is 2.33. The van der Waals surface area contributed by atoms with Gasteiger partial charge in [-0.15, -0.1) is 0 Å². The summed E-state index contributed by atoms with van der Waals surface area (Å²) >= 11 is 0. The zero-order valence-corrected chi connectivity index (χ0v) is 11.2. The Hall–Kier alpha value is -0.670. The predicted molar refractivity (Wildman–Crippen MR) is 72.2 cm³/mol. The highest BCUT2D eigenvalue weighted by molar-refractivity contribution is 7.85. The Balaban J connectivity index is 2.16. The first kappa shape index (κ1) is 12.8. The minimum atomic E-state index is -0.900. The molecule has 1 fully saturated rings. The minimum Gasteiger partial charge on any atom is -0.330 e. The van der Waals surface area contributed by atoms with E-state index in [4.69, 9.17) is 5.73 Å². The first-order chi connectivity index (χ1) is 8.22. The van der Waals surface area contributed by atoms with Gasteiger partial charge < -0.3 is 5.73 Å². The molecule has 1 aliphatic carbocycles. The Kier molecular flexibility index (Phi) is 4.35. The quantitative estimate of drug-likeness (QED) is 0.897. The molecule has 0 aromatic heterocycles. The van der Waals surface area contributed by atoms with Crippen LogP contribution < -0.4 is 5.73 Å². The molecule has 17 heavy (non-hydrogen) atoms. The normalized spacial score (nSPS) is 31.1. The number of hydrogen-bond donors (Lipinski definition) is 1. The SMILES string of the molecule is CC1CCC(CN)C(S(=O)c2ccccc2)C1. The fourth-order valence-electron chi connectivity index (χ4n) is 2.65.